The molecule has 0 amide bonds. The average molecular weight is 180 g/mol. The number of hydrogen-bond acceptors (Lipinski definition) is 4. The summed E-state index contributed by atoms with van der Waals surface area (Å²) in [6.07, 6.45) is 0. The topological polar surface area (TPSA) is 70.6 Å². The molecule has 66 valence electrons. The molecule has 0 aromatic heterocycles. The fourth-order valence-electron chi connectivity index (χ4n) is 1.12. The molecule has 0 aliphatic carbocycles. The molecule has 1 saturated heterocycles. The molecule has 1 rings (SSSR count). The highest BCUT2D eigenvalue weighted by atomic mass is 35.5. The first-order valence-corrected chi connectivity index (χ1v) is 3.35. The Bertz CT molecular complexity index is 162. The van der Waals surface area contributed by atoms with Gasteiger partial charge in [-0.25, -0.2) is 0 Å². The summed E-state index contributed by atoms with van der Waals surface area (Å²) in [5.41, 5.74) is 6.13. The highest BCUT2D eigenvalue weighted by molar-refractivity contribution is 5.93. The number of halogens is 1. The van der Waals surface area contributed by atoms with Gasteiger partial charge in [0.25, 0.3) is 0 Å². The van der Waals surface area contributed by atoms with Crippen molar-refractivity contribution in [2.75, 3.05) is 19.6 Å². The number of nitrogens with one attached hydrogen (secondary N) is 1. The van der Waals surface area contributed by atoms with E-state index in [0.717, 1.165) is 12.3 Å². The molecule has 1 aliphatic heterocycles. The van der Waals surface area contributed by atoms with Gasteiger partial charge in [-0.15, -0.1) is 12.4 Å². The lowest BCUT2D eigenvalue weighted by molar-refractivity contribution is 0.310. The van der Waals surface area contributed by atoms with Crippen LogP contribution in [0.15, 0.2) is 5.16 Å². The van der Waals surface area contributed by atoms with Gasteiger partial charge in [-0.05, 0) is 0 Å². The molecule has 0 bridgehead atoms. The minimum absolute atomic E-state index is 0. The zero-order valence-electron chi connectivity index (χ0n) is 6.50. The van der Waals surface area contributed by atoms with Gasteiger partial charge in [-0.2, -0.15) is 0 Å². The summed E-state index contributed by atoms with van der Waals surface area (Å²) in [6, 6.07) is 0. The zero-order chi connectivity index (χ0) is 7.61. The molecule has 4 N–H and O–H groups in total. The Balaban J connectivity index is 0.000001000. The quantitative estimate of drug-likeness (QED) is 0.386. The van der Waals surface area contributed by atoms with Crippen molar-refractivity contribution < 1.29 is 5.21 Å². The van der Waals surface area contributed by atoms with Crippen LogP contribution in [0, 0.1) is 5.41 Å². The highest BCUT2D eigenvalue weighted by Gasteiger charge is 2.34. The highest BCUT2D eigenvalue weighted by Crippen LogP contribution is 2.19. The lowest BCUT2D eigenvalue weighted by Crippen LogP contribution is -2.35. The monoisotopic (exact) mass is 179 g/mol. The molecule has 1 atom stereocenters. The van der Waals surface area contributed by atoms with Gasteiger partial charge in [-0.1, -0.05) is 12.1 Å². The van der Waals surface area contributed by atoms with Crippen molar-refractivity contribution in [3.63, 3.8) is 0 Å². The average Bonchev–Trinajstić information content (AvgIpc) is 2.32. The lowest BCUT2D eigenvalue weighted by atomic mass is 9.88. The van der Waals surface area contributed by atoms with E-state index in [0.29, 0.717) is 13.1 Å². The molecule has 1 heterocycles. The normalized spacial score (nSPS) is 33.8. The molecular formula is C6H14ClN3O. The van der Waals surface area contributed by atoms with Gasteiger partial charge in [0.1, 0.15) is 0 Å². The Hall–Kier alpha value is -0.320. The first kappa shape index (κ1) is 10.7. The maximum absolute atomic E-state index is 8.53. The van der Waals surface area contributed by atoms with Crippen LogP contribution in [-0.2, 0) is 0 Å². The summed E-state index contributed by atoms with van der Waals surface area (Å²) < 4.78 is 0. The standard InChI is InChI=1S/C6H13N3O.ClH/c1-6(3-7)4-8-2-5(6)9-10;/h8,10H,2-4,7H2,1H3;1H. The van der Waals surface area contributed by atoms with E-state index >= 15 is 0 Å². The Morgan fingerprint density at radius 3 is 2.82 bits per heavy atom. The van der Waals surface area contributed by atoms with E-state index in [2.05, 4.69) is 10.5 Å². The molecule has 0 radical (unpaired) electrons. The van der Waals surface area contributed by atoms with Crippen molar-refractivity contribution in [3.8, 4) is 0 Å². The third-order valence-electron chi connectivity index (χ3n) is 2.08. The predicted molar refractivity (Wildman–Crippen MR) is 46.5 cm³/mol. The summed E-state index contributed by atoms with van der Waals surface area (Å²) in [5, 5.41) is 14.8. The van der Waals surface area contributed by atoms with Gasteiger partial charge < -0.3 is 16.3 Å². The Morgan fingerprint density at radius 1 is 1.82 bits per heavy atom. The maximum Gasteiger partial charge on any atom is 0.0792 e. The SMILES string of the molecule is CC1(CN)CNCC1=NO.Cl. The fraction of sp³-hybridized carbons (Fsp3) is 0.833. The molecule has 11 heavy (non-hydrogen) atoms. The summed E-state index contributed by atoms with van der Waals surface area (Å²) in [4.78, 5) is 0. The second kappa shape index (κ2) is 3.90. The third kappa shape index (κ3) is 1.83. The van der Waals surface area contributed by atoms with Crippen molar-refractivity contribution in [3.05, 3.63) is 0 Å². The summed E-state index contributed by atoms with van der Waals surface area (Å²) in [7, 11) is 0. The van der Waals surface area contributed by atoms with Gasteiger partial charge >= 0.3 is 0 Å². The van der Waals surface area contributed by atoms with Gasteiger partial charge in [-0.3, -0.25) is 0 Å². The second-order valence-corrected chi connectivity index (χ2v) is 2.92. The Morgan fingerprint density at radius 2 is 2.45 bits per heavy atom. The van der Waals surface area contributed by atoms with E-state index in [1.54, 1.807) is 0 Å². The smallest absolute Gasteiger partial charge is 0.0792 e. The number of nitrogens with zero attached hydrogens (tertiary/aromatic N) is 1. The fourth-order valence-corrected chi connectivity index (χ4v) is 1.12. The van der Waals surface area contributed by atoms with Crippen LogP contribution in [0.5, 0.6) is 0 Å². The van der Waals surface area contributed by atoms with Crippen LogP contribution in [0.2, 0.25) is 0 Å². The van der Waals surface area contributed by atoms with Gasteiger partial charge in [0.15, 0.2) is 0 Å². The second-order valence-electron chi connectivity index (χ2n) is 2.92. The van der Waals surface area contributed by atoms with Crippen LogP contribution in [0.4, 0.5) is 0 Å². The first-order valence-electron chi connectivity index (χ1n) is 3.35. The Labute approximate surface area is 72.2 Å². The zero-order valence-corrected chi connectivity index (χ0v) is 7.32. The van der Waals surface area contributed by atoms with Crippen molar-refractivity contribution in [2.24, 2.45) is 16.3 Å². The summed E-state index contributed by atoms with van der Waals surface area (Å²) >= 11 is 0. The van der Waals surface area contributed by atoms with Crippen molar-refractivity contribution in [2.45, 2.75) is 6.92 Å². The maximum atomic E-state index is 8.53. The van der Waals surface area contributed by atoms with Crippen LogP contribution in [0.25, 0.3) is 0 Å². The van der Waals surface area contributed by atoms with Crippen molar-refractivity contribution >= 4 is 18.1 Å². The molecule has 0 saturated carbocycles. The largest absolute Gasteiger partial charge is 0.411 e. The lowest BCUT2D eigenvalue weighted by Gasteiger charge is -2.19. The number of hydrogen-bond donors (Lipinski definition) is 3. The van der Waals surface area contributed by atoms with E-state index in [9.17, 15) is 0 Å². The molecule has 0 aromatic rings. The molecule has 1 aliphatic rings. The van der Waals surface area contributed by atoms with E-state index in [4.69, 9.17) is 10.9 Å². The van der Waals surface area contributed by atoms with Gasteiger partial charge in [0.2, 0.25) is 0 Å². The summed E-state index contributed by atoms with van der Waals surface area (Å²) in [5.74, 6) is 0. The molecule has 4 nitrogen and oxygen atoms in total. The minimum Gasteiger partial charge on any atom is -0.411 e. The first-order chi connectivity index (χ1) is 4.73. The number of nitrogens with two attached hydrogens (primary N) is 1. The van der Waals surface area contributed by atoms with Crippen LogP contribution in [0.1, 0.15) is 6.92 Å². The minimum atomic E-state index is -0.130. The van der Waals surface area contributed by atoms with Crippen molar-refractivity contribution in [1.82, 2.24) is 5.32 Å². The number of oxime groups is 1. The summed E-state index contributed by atoms with van der Waals surface area (Å²) in [6.45, 7) is 3.98. The van der Waals surface area contributed by atoms with E-state index < -0.39 is 0 Å². The van der Waals surface area contributed by atoms with E-state index in [-0.39, 0.29) is 17.8 Å². The molecule has 5 heteroatoms. The Kier molecular flexibility index (Phi) is 3.78. The van der Waals surface area contributed by atoms with Gasteiger partial charge in [0, 0.05) is 25.0 Å². The molecule has 0 spiro atoms. The number of rotatable bonds is 1. The van der Waals surface area contributed by atoms with E-state index in [1.807, 2.05) is 6.92 Å². The van der Waals surface area contributed by atoms with Crippen LogP contribution in [-0.4, -0.2) is 30.6 Å². The van der Waals surface area contributed by atoms with Crippen LogP contribution in [0.3, 0.4) is 0 Å². The van der Waals surface area contributed by atoms with Gasteiger partial charge in [0.05, 0.1) is 5.71 Å². The molecular weight excluding hydrogens is 166 g/mol. The van der Waals surface area contributed by atoms with Crippen molar-refractivity contribution in [1.29, 1.82) is 0 Å². The van der Waals surface area contributed by atoms with Crippen LogP contribution < -0.4 is 11.1 Å². The molecule has 1 unspecified atom stereocenters. The molecule has 0 aromatic carbocycles. The van der Waals surface area contributed by atoms with E-state index in [1.165, 1.54) is 0 Å². The van der Waals surface area contributed by atoms with Crippen LogP contribution >= 0.6 is 12.4 Å². The third-order valence-corrected chi connectivity index (χ3v) is 2.08. The molecule has 1 fully saturated rings. The predicted octanol–water partition coefficient (Wildman–Crippen LogP) is -0.193.